The molecule has 2 aromatic carbocycles. The number of rotatable bonds is 5. The lowest BCUT2D eigenvalue weighted by Crippen LogP contribution is -2.30. The van der Waals surface area contributed by atoms with Crippen LogP contribution in [0.15, 0.2) is 45.2 Å². The van der Waals surface area contributed by atoms with Crippen molar-refractivity contribution in [1.82, 2.24) is 14.7 Å². The summed E-state index contributed by atoms with van der Waals surface area (Å²) in [5.41, 5.74) is 2.20. The summed E-state index contributed by atoms with van der Waals surface area (Å²) in [5, 5.41) is 2.76. The Labute approximate surface area is 157 Å². The minimum atomic E-state index is -3.61. The van der Waals surface area contributed by atoms with E-state index in [0.29, 0.717) is 27.8 Å². The molecule has 0 bridgehead atoms. The molecule has 0 radical (unpaired) electrons. The van der Waals surface area contributed by atoms with Gasteiger partial charge in [0.25, 0.3) is 0 Å². The van der Waals surface area contributed by atoms with Crippen LogP contribution in [0.4, 0.5) is 16.4 Å². The average Bonchev–Trinajstić information content (AvgIpc) is 3.14. The molecule has 144 valence electrons. The molecule has 0 unspecified atom stereocenters. The predicted octanol–water partition coefficient (Wildman–Crippen LogP) is 2.47. The van der Waals surface area contributed by atoms with E-state index in [2.05, 4.69) is 15.3 Å². The van der Waals surface area contributed by atoms with Crippen molar-refractivity contribution in [3.05, 3.63) is 47.8 Å². The van der Waals surface area contributed by atoms with Gasteiger partial charge >= 0.3 is 12.0 Å². The fraction of sp³-hybridized carbons (Fsp3) is 0.118. The molecule has 0 atom stereocenters. The molecule has 9 nitrogen and oxygen atoms in total. The Hall–Kier alpha value is -3.47. The van der Waals surface area contributed by atoms with Crippen LogP contribution in [0.3, 0.4) is 0 Å². The van der Waals surface area contributed by atoms with Gasteiger partial charge in [-0.25, -0.2) is 12.8 Å². The molecule has 2 heterocycles. The lowest BCUT2D eigenvalue weighted by Gasteiger charge is -2.02. The van der Waals surface area contributed by atoms with Gasteiger partial charge in [-0.1, -0.05) is 6.07 Å². The largest absolute Gasteiger partial charge is 0.423 e. The van der Waals surface area contributed by atoms with Gasteiger partial charge in [0.2, 0.25) is 15.9 Å². The molecule has 0 aliphatic heterocycles. The van der Waals surface area contributed by atoms with Crippen LogP contribution < -0.4 is 10.0 Å². The highest BCUT2D eigenvalue weighted by Crippen LogP contribution is 2.25. The Morgan fingerprint density at radius 1 is 1.04 bits per heavy atom. The van der Waals surface area contributed by atoms with E-state index in [1.807, 2.05) is 4.72 Å². The lowest BCUT2D eigenvalue weighted by molar-refractivity contribution is -0.118. The number of oxazole rings is 2. The molecular formula is C17H13FN4O5S. The number of nitrogens with zero attached hydrogens (tertiary/aromatic N) is 2. The quantitative estimate of drug-likeness (QED) is 0.519. The van der Waals surface area contributed by atoms with Gasteiger partial charge < -0.3 is 8.83 Å². The van der Waals surface area contributed by atoms with E-state index in [0.717, 1.165) is 6.26 Å². The third-order valence-corrected chi connectivity index (χ3v) is 4.28. The number of amides is 1. The summed E-state index contributed by atoms with van der Waals surface area (Å²) in [6.45, 7) is 0. The molecule has 1 amide bonds. The maximum Gasteiger partial charge on any atom is 0.303 e. The molecule has 2 aromatic heterocycles. The second-order valence-corrected chi connectivity index (χ2v) is 7.80. The second kappa shape index (κ2) is 6.60. The zero-order chi connectivity index (χ0) is 19.9. The number of carbonyl (C=O) groups excluding carboxylic acids is 1. The minimum Gasteiger partial charge on any atom is -0.423 e. The first-order chi connectivity index (χ1) is 13.2. The molecule has 4 aromatic rings. The van der Waals surface area contributed by atoms with E-state index in [1.165, 1.54) is 18.2 Å². The van der Waals surface area contributed by atoms with Gasteiger partial charge in [0.05, 0.1) is 12.7 Å². The van der Waals surface area contributed by atoms with Crippen molar-refractivity contribution in [2.75, 3.05) is 11.6 Å². The first kappa shape index (κ1) is 17.9. The summed E-state index contributed by atoms with van der Waals surface area (Å²) in [5.74, 6) is -1.08. The molecule has 0 saturated heterocycles. The van der Waals surface area contributed by atoms with E-state index < -0.39 is 21.7 Å². The van der Waals surface area contributed by atoms with Crippen molar-refractivity contribution in [2.45, 2.75) is 6.42 Å². The maximum absolute atomic E-state index is 13.2. The summed E-state index contributed by atoms with van der Waals surface area (Å²) in [6.07, 6.45) is 0.777. The van der Waals surface area contributed by atoms with E-state index >= 15 is 0 Å². The van der Waals surface area contributed by atoms with Crippen LogP contribution in [-0.4, -0.2) is 30.5 Å². The standard InChI is InChI=1S/C17H13FN4O5S/c1-28(24,25)22-15(23)7-9-2-4-13-11(6-9)19-16(26-13)21-17-20-12-8-10(18)3-5-14(12)27-17/h2-6,8H,7H2,1H3,(H,22,23)(H,19,20,21). The van der Waals surface area contributed by atoms with E-state index in [9.17, 15) is 17.6 Å². The van der Waals surface area contributed by atoms with E-state index in [4.69, 9.17) is 8.83 Å². The number of sulfonamides is 1. The highest BCUT2D eigenvalue weighted by atomic mass is 32.2. The monoisotopic (exact) mass is 404 g/mol. The highest BCUT2D eigenvalue weighted by molar-refractivity contribution is 7.89. The maximum atomic E-state index is 13.2. The SMILES string of the molecule is CS(=O)(=O)NC(=O)Cc1ccc2oc(Nc3nc4cc(F)ccc4o3)nc2c1. The van der Waals surface area contributed by atoms with Crippen LogP contribution in [0, 0.1) is 5.82 Å². The van der Waals surface area contributed by atoms with Gasteiger partial charge in [-0.15, -0.1) is 0 Å². The fourth-order valence-corrected chi connectivity index (χ4v) is 3.10. The van der Waals surface area contributed by atoms with Crippen molar-refractivity contribution in [3.63, 3.8) is 0 Å². The topological polar surface area (TPSA) is 127 Å². The third kappa shape index (κ3) is 3.93. The smallest absolute Gasteiger partial charge is 0.303 e. The van der Waals surface area contributed by atoms with Gasteiger partial charge in [0, 0.05) is 6.07 Å². The number of nitrogens with one attached hydrogen (secondary N) is 2. The van der Waals surface area contributed by atoms with Gasteiger partial charge in [-0.05, 0) is 29.8 Å². The molecule has 0 spiro atoms. The fourth-order valence-electron chi connectivity index (χ4n) is 2.61. The normalized spacial score (nSPS) is 11.8. The van der Waals surface area contributed by atoms with Crippen molar-refractivity contribution >= 4 is 50.2 Å². The molecule has 4 rings (SSSR count). The number of aromatic nitrogens is 2. The van der Waals surface area contributed by atoms with E-state index in [-0.39, 0.29) is 18.5 Å². The molecular weight excluding hydrogens is 391 g/mol. The number of hydrogen-bond acceptors (Lipinski definition) is 8. The molecule has 2 N–H and O–H groups in total. The first-order valence-electron chi connectivity index (χ1n) is 7.98. The second-order valence-electron chi connectivity index (χ2n) is 6.05. The Kier molecular flexibility index (Phi) is 4.23. The lowest BCUT2D eigenvalue weighted by atomic mass is 10.1. The van der Waals surface area contributed by atoms with Crippen molar-refractivity contribution < 1.29 is 26.4 Å². The van der Waals surface area contributed by atoms with Gasteiger partial charge in [-0.2, -0.15) is 9.97 Å². The van der Waals surface area contributed by atoms with Crippen LogP contribution in [-0.2, 0) is 21.2 Å². The average molecular weight is 404 g/mol. The van der Waals surface area contributed by atoms with E-state index in [1.54, 1.807) is 18.2 Å². The zero-order valence-corrected chi connectivity index (χ0v) is 15.2. The van der Waals surface area contributed by atoms with Crippen LogP contribution in [0.1, 0.15) is 5.56 Å². The van der Waals surface area contributed by atoms with Crippen LogP contribution in [0.25, 0.3) is 22.2 Å². The van der Waals surface area contributed by atoms with Crippen molar-refractivity contribution in [1.29, 1.82) is 0 Å². The Morgan fingerprint density at radius 3 is 2.29 bits per heavy atom. The van der Waals surface area contributed by atoms with Crippen molar-refractivity contribution in [3.8, 4) is 0 Å². The number of fused-ring (bicyclic) bond motifs is 2. The molecule has 28 heavy (non-hydrogen) atoms. The highest BCUT2D eigenvalue weighted by Gasteiger charge is 2.13. The summed E-state index contributed by atoms with van der Waals surface area (Å²) in [6, 6.07) is 8.98. The van der Waals surface area contributed by atoms with Crippen LogP contribution in [0.2, 0.25) is 0 Å². The number of hydrogen-bond donors (Lipinski definition) is 2. The van der Waals surface area contributed by atoms with Gasteiger partial charge in [-0.3, -0.25) is 14.8 Å². The number of carbonyl (C=O) groups is 1. The first-order valence-corrected chi connectivity index (χ1v) is 9.87. The Morgan fingerprint density at radius 2 is 1.64 bits per heavy atom. The number of benzene rings is 2. The molecule has 0 fully saturated rings. The third-order valence-electron chi connectivity index (χ3n) is 3.68. The zero-order valence-electron chi connectivity index (χ0n) is 14.4. The van der Waals surface area contributed by atoms with Gasteiger partial charge in [0.15, 0.2) is 11.2 Å². The summed E-state index contributed by atoms with van der Waals surface area (Å²) in [4.78, 5) is 20.1. The summed E-state index contributed by atoms with van der Waals surface area (Å²) in [7, 11) is -3.61. The molecule has 11 heteroatoms. The van der Waals surface area contributed by atoms with Gasteiger partial charge in [0.1, 0.15) is 16.9 Å². The van der Waals surface area contributed by atoms with Crippen molar-refractivity contribution in [2.24, 2.45) is 0 Å². The summed E-state index contributed by atoms with van der Waals surface area (Å²) >= 11 is 0. The summed E-state index contributed by atoms with van der Waals surface area (Å²) < 4.78 is 48.3. The number of halogens is 1. The molecule has 0 saturated carbocycles. The Bertz CT molecular complexity index is 1310. The Balaban J connectivity index is 1.54. The van der Waals surface area contributed by atoms with Crippen LogP contribution in [0.5, 0.6) is 0 Å². The minimum absolute atomic E-state index is 0.0832. The predicted molar refractivity (Wildman–Crippen MR) is 97.9 cm³/mol. The van der Waals surface area contributed by atoms with Crippen LogP contribution >= 0.6 is 0 Å². The number of anilines is 2. The molecule has 0 aliphatic rings. The molecule has 0 aliphatic carbocycles.